The molecule has 24 heavy (non-hydrogen) atoms. The molecular weight excluding hydrogens is 322 g/mol. The molecule has 2 aromatic rings. The van der Waals surface area contributed by atoms with Crippen LogP contribution >= 0.6 is 11.6 Å². The molecule has 0 aliphatic heterocycles. The fourth-order valence-corrected chi connectivity index (χ4v) is 3.19. The van der Waals surface area contributed by atoms with Gasteiger partial charge in [0.05, 0.1) is 11.9 Å². The molecular formula is C19H22ClN3O. The highest BCUT2D eigenvalue weighted by atomic mass is 35.5. The number of rotatable bonds is 4. The topological polar surface area (TPSA) is 54.0 Å². The van der Waals surface area contributed by atoms with Crippen molar-refractivity contribution < 1.29 is 4.79 Å². The normalized spacial score (nSPS) is 15.1. The van der Waals surface area contributed by atoms with Gasteiger partial charge in [-0.1, -0.05) is 36.9 Å². The number of carbonyl (C=O) groups is 1. The zero-order valence-electron chi connectivity index (χ0n) is 13.8. The Hall–Kier alpha value is -2.07. The zero-order valence-corrected chi connectivity index (χ0v) is 14.6. The molecule has 3 rings (SSSR count). The zero-order chi connectivity index (χ0) is 16.9. The maximum atomic E-state index is 12.3. The molecule has 0 saturated heterocycles. The molecule has 4 nitrogen and oxygen atoms in total. The van der Waals surface area contributed by atoms with Gasteiger partial charge in [0, 0.05) is 16.6 Å². The summed E-state index contributed by atoms with van der Waals surface area (Å²) in [6, 6.07) is 9.42. The van der Waals surface area contributed by atoms with Gasteiger partial charge in [-0.2, -0.15) is 0 Å². The van der Waals surface area contributed by atoms with E-state index in [1.54, 1.807) is 6.20 Å². The van der Waals surface area contributed by atoms with Gasteiger partial charge in [-0.05, 0) is 49.6 Å². The molecule has 0 spiro atoms. The minimum atomic E-state index is 0.114. The van der Waals surface area contributed by atoms with Crippen molar-refractivity contribution in [2.45, 2.75) is 39.0 Å². The summed E-state index contributed by atoms with van der Waals surface area (Å²) in [6.07, 6.45) is 7.22. The number of pyridine rings is 1. The van der Waals surface area contributed by atoms with E-state index in [0.29, 0.717) is 5.02 Å². The van der Waals surface area contributed by atoms with Gasteiger partial charge in [0.25, 0.3) is 0 Å². The predicted molar refractivity (Wildman–Crippen MR) is 98.9 cm³/mol. The summed E-state index contributed by atoms with van der Waals surface area (Å²) in [4.78, 5) is 16.6. The maximum absolute atomic E-state index is 12.3. The van der Waals surface area contributed by atoms with E-state index in [1.807, 2.05) is 37.3 Å². The fraction of sp³-hybridized carbons (Fsp3) is 0.368. The average molecular weight is 344 g/mol. The summed E-state index contributed by atoms with van der Waals surface area (Å²) >= 11 is 6.03. The monoisotopic (exact) mass is 343 g/mol. The molecule has 0 bridgehead atoms. The molecule has 1 aromatic carbocycles. The summed E-state index contributed by atoms with van der Waals surface area (Å²) in [5.74, 6) is 0.976. The van der Waals surface area contributed by atoms with E-state index < -0.39 is 0 Å². The van der Waals surface area contributed by atoms with Crippen LogP contribution in [0.5, 0.6) is 0 Å². The smallest absolute Gasteiger partial charge is 0.227 e. The maximum Gasteiger partial charge on any atom is 0.227 e. The van der Waals surface area contributed by atoms with Crippen LogP contribution in [0, 0.1) is 12.8 Å². The average Bonchev–Trinajstić information content (AvgIpc) is 2.60. The Balaban J connectivity index is 1.62. The van der Waals surface area contributed by atoms with Crippen molar-refractivity contribution in [2.24, 2.45) is 5.92 Å². The van der Waals surface area contributed by atoms with Crippen LogP contribution in [0.25, 0.3) is 0 Å². The molecule has 1 aromatic heterocycles. The lowest BCUT2D eigenvalue weighted by Crippen LogP contribution is -2.24. The van der Waals surface area contributed by atoms with E-state index in [9.17, 15) is 4.79 Å². The number of anilines is 3. The highest BCUT2D eigenvalue weighted by molar-refractivity contribution is 6.30. The van der Waals surface area contributed by atoms with E-state index in [2.05, 4.69) is 15.6 Å². The quantitative estimate of drug-likeness (QED) is 0.791. The third-order valence-electron chi connectivity index (χ3n) is 4.47. The summed E-state index contributed by atoms with van der Waals surface area (Å²) in [5, 5.41) is 6.90. The molecule has 0 radical (unpaired) electrons. The lowest BCUT2D eigenvalue weighted by molar-refractivity contribution is -0.120. The number of nitrogens with one attached hydrogen (secondary N) is 2. The van der Waals surface area contributed by atoms with Crippen molar-refractivity contribution in [3.8, 4) is 0 Å². The van der Waals surface area contributed by atoms with Crippen molar-refractivity contribution in [3.05, 3.63) is 47.1 Å². The van der Waals surface area contributed by atoms with Crippen LogP contribution in [-0.2, 0) is 4.79 Å². The minimum Gasteiger partial charge on any atom is -0.340 e. The van der Waals surface area contributed by atoms with Gasteiger partial charge in [0.15, 0.2) is 0 Å². The number of hydrogen-bond donors (Lipinski definition) is 2. The second-order valence-electron chi connectivity index (χ2n) is 6.34. The summed E-state index contributed by atoms with van der Waals surface area (Å²) < 4.78 is 0. The first-order valence-electron chi connectivity index (χ1n) is 8.42. The van der Waals surface area contributed by atoms with Gasteiger partial charge in [-0.3, -0.25) is 4.79 Å². The predicted octanol–water partition coefficient (Wildman–Crippen LogP) is 5.31. The molecule has 126 valence electrons. The van der Waals surface area contributed by atoms with Gasteiger partial charge in [-0.15, -0.1) is 0 Å². The summed E-state index contributed by atoms with van der Waals surface area (Å²) in [6.45, 7) is 2.01. The van der Waals surface area contributed by atoms with Crippen molar-refractivity contribution in [1.29, 1.82) is 0 Å². The highest BCUT2D eigenvalue weighted by Crippen LogP contribution is 2.26. The van der Waals surface area contributed by atoms with Crippen LogP contribution in [0.15, 0.2) is 36.5 Å². The van der Waals surface area contributed by atoms with Crippen molar-refractivity contribution in [1.82, 2.24) is 4.98 Å². The molecule has 5 heteroatoms. The lowest BCUT2D eigenvalue weighted by atomic mass is 9.88. The van der Waals surface area contributed by atoms with Crippen LogP contribution in [0.2, 0.25) is 5.02 Å². The number of nitrogens with zero attached hydrogens (tertiary/aromatic N) is 1. The fourth-order valence-electron chi connectivity index (χ4n) is 3.02. The molecule has 0 unspecified atom stereocenters. The number of hydrogen-bond acceptors (Lipinski definition) is 3. The molecule has 1 amide bonds. The lowest BCUT2D eigenvalue weighted by Gasteiger charge is -2.20. The van der Waals surface area contributed by atoms with E-state index >= 15 is 0 Å². The number of aromatic nitrogens is 1. The Morgan fingerprint density at radius 3 is 2.67 bits per heavy atom. The summed E-state index contributed by atoms with van der Waals surface area (Å²) in [7, 11) is 0. The van der Waals surface area contributed by atoms with Gasteiger partial charge in [0.1, 0.15) is 5.82 Å². The third kappa shape index (κ3) is 4.26. The van der Waals surface area contributed by atoms with Gasteiger partial charge in [-0.25, -0.2) is 4.98 Å². The van der Waals surface area contributed by atoms with Crippen LogP contribution in [0.1, 0.15) is 37.7 Å². The van der Waals surface area contributed by atoms with E-state index in [0.717, 1.165) is 48.4 Å². The van der Waals surface area contributed by atoms with Crippen LogP contribution in [0.3, 0.4) is 0 Å². The van der Waals surface area contributed by atoms with E-state index in [-0.39, 0.29) is 11.8 Å². The second-order valence-corrected chi connectivity index (χ2v) is 6.78. The number of halogens is 1. The Bertz CT molecular complexity index is 709. The number of aryl methyl sites for hydroxylation is 1. The Morgan fingerprint density at radius 2 is 1.96 bits per heavy atom. The van der Waals surface area contributed by atoms with Gasteiger partial charge < -0.3 is 10.6 Å². The number of benzene rings is 1. The Kier molecular flexibility index (Phi) is 5.36. The molecule has 0 atom stereocenters. The first kappa shape index (κ1) is 16.8. The van der Waals surface area contributed by atoms with Gasteiger partial charge >= 0.3 is 0 Å². The summed E-state index contributed by atoms with van der Waals surface area (Å²) in [5.41, 5.74) is 2.75. The van der Waals surface area contributed by atoms with E-state index in [1.165, 1.54) is 6.42 Å². The molecule has 2 N–H and O–H groups in total. The standard InChI is InChI=1S/C19H22ClN3O/c1-13-7-8-15(20)11-17(13)23-18-10-9-16(12-21-18)22-19(24)14-5-3-2-4-6-14/h7-12,14H,2-6H2,1H3,(H,21,23)(H,22,24). The first-order valence-corrected chi connectivity index (χ1v) is 8.80. The van der Waals surface area contributed by atoms with Crippen molar-refractivity contribution >= 4 is 34.7 Å². The van der Waals surface area contributed by atoms with Crippen molar-refractivity contribution in [3.63, 3.8) is 0 Å². The van der Waals surface area contributed by atoms with Crippen LogP contribution in [-0.4, -0.2) is 10.9 Å². The van der Waals surface area contributed by atoms with Crippen LogP contribution in [0.4, 0.5) is 17.2 Å². The van der Waals surface area contributed by atoms with Crippen LogP contribution < -0.4 is 10.6 Å². The largest absolute Gasteiger partial charge is 0.340 e. The van der Waals surface area contributed by atoms with E-state index in [4.69, 9.17) is 11.6 Å². The number of carbonyl (C=O) groups excluding carboxylic acids is 1. The van der Waals surface area contributed by atoms with Gasteiger partial charge in [0.2, 0.25) is 5.91 Å². The number of amides is 1. The second kappa shape index (κ2) is 7.67. The Labute approximate surface area is 147 Å². The van der Waals surface area contributed by atoms with Crippen molar-refractivity contribution in [2.75, 3.05) is 10.6 Å². The highest BCUT2D eigenvalue weighted by Gasteiger charge is 2.21. The molecule has 1 heterocycles. The SMILES string of the molecule is Cc1ccc(Cl)cc1Nc1ccc(NC(=O)C2CCCCC2)cn1. The molecule has 1 fully saturated rings. The Morgan fingerprint density at radius 1 is 1.17 bits per heavy atom. The molecule has 1 aliphatic carbocycles. The molecule has 1 saturated carbocycles. The third-order valence-corrected chi connectivity index (χ3v) is 4.70. The minimum absolute atomic E-state index is 0.114. The first-order chi connectivity index (χ1) is 11.6. The molecule has 1 aliphatic rings.